The minimum Gasteiger partial charge on any atom is -0.388 e. The number of imidazole rings is 1. The Morgan fingerprint density at radius 3 is 2.72 bits per heavy atom. The van der Waals surface area contributed by atoms with E-state index in [1.807, 2.05) is 24.0 Å². The third-order valence-electron chi connectivity index (χ3n) is 10.0. The van der Waals surface area contributed by atoms with Crippen molar-refractivity contribution >= 4 is 17.5 Å². The quantitative estimate of drug-likeness (QED) is 0.715. The molecule has 1 N–H and O–H groups in total. The van der Waals surface area contributed by atoms with Crippen molar-refractivity contribution in [2.75, 3.05) is 5.75 Å². The molecule has 1 heterocycles. The maximum atomic E-state index is 12.1. The predicted molar refractivity (Wildman–Crippen MR) is 116 cm³/mol. The van der Waals surface area contributed by atoms with Crippen LogP contribution in [0.2, 0.25) is 0 Å². The summed E-state index contributed by atoms with van der Waals surface area (Å²) in [5, 5.41) is 12.9. The highest BCUT2D eigenvalue weighted by atomic mass is 32.2. The third-order valence-corrected chi connectivity index (χ3v) is 11.3. The van der Waals surface area contributed by atoms with Crippen LogP contribution in [0.25, 0.3) is 0 Å². The molecule has 0 spiro atoms. The second-order valence-electron chi connectivity index (χ2n) is 11.0. The Morgan fingerprint density at radius 1 is 1.17 bits per heavy atom. The number of Topliss-reactive ketones (excluding diaryl/α,β-unsaturated/α-hetero) is 1. The number of thioether (sulfide) groups is 1. The summed E-state index contributed by atoms with van der Waals surface area (Å²) in [6, 6.07) is 0. The van der Waals surface area contributed by atoms with Crippen molar-refractivity contribution in [3.63, 3.8) is 0 Å². The Kier molecular flexibility index (Phi) is 4.75. The molecule has 0 radical (unpaired) electrons. The fourth-order valence-electron chi connectivity index (χ4n) is 8.07. The zero-order valence-corrected chi connectivity index (χ0v) is 19.0. The number of aromatic nitrogens is 2. The van der Waals surface area contributed by atoms with E-state index < -0.39 is 5.60 Å². The second kappa shape index (κ2) is 6.85. The molecule has 29 heavy (non-hydrogen) atoms. The number of hydrogen-bond donors (Lipinski definition) is 1. The van der Waals surface area contributed by atoms with E-state index >= 15 is 0 Å². The average Bonchev–Trinajstić information content (AvgIpc) is 3.22. The van der Waals surface area contributed by atoms with Gasteiger partial charge >= 0.3 is 0 Å². The molecule has 7 atom stereocenters. The van der Waals surface area contributed by atoms with E-state index in [-0.39, 0.29) is 5.41 Å². The van der Waals surface area contributed by atoms with Crippen LogP contribution in [-0.4, -0.2) is 31.8 Å². The largest absolute Gasteiger partial charge is 0.388 e. The minimum absolute atomic E-state index is 0.0139. The van der Waals surface area contributed by atoms with E-state index in [0.717, 1.165) is 61.3 Å². The molecule has 0 amide bonds. The molecular formula is C24H36N2O2S. The molecule has 4 aliphatic rings. The number of aliphatic hydroxyl groups is 1. The first kappa shape index (κ1) is 20.1. The first-order valence-corrected chi connectivity index (χ1v) is 12.6. The van der Waals surface area contributed by atoms with Gasteiger partial charge in [-0.1, -0.05) is 25.6 Å². The number of rotatable bonds is 3. The van der Waals surface area contributed by atoms with Crippen molar-refractivity contribution in [2.24, 2.45) is 41.5 Å². The molecular weight excluding hydrogens is 380 g/mol. The lowest BCUT2D eigenvalue weighted by Gasteiger charge is -2.61. The van der Waals surface area contributed by atoms with Crippen molar-refractivity contribution in [3.05, 3.63) is 12.4 Å². The van der Waals surface area contributed by atoms with Gasteiger partial charge in [-0.3, -0.25) is 4.79 Å². The van der Waals surface area contributed by atoms with Gasteiger partial charge in [-0.15, -0.1) is 0 Å². The highest BCUT2D eigenvalue weighted by Crippen LogP contribution is 2.68. The van der Waals surface area contributed by atoms with Crippen LogP contribution >= 0.6 is 11.8 Å². The average molecular weight is 417 g/mol. The van der Waals surface area contributed by atoms with E-state index in [1.54, 1.807) is 11.8 Å². The number of carbonyl (C=O) groups excluding carboxylic acids is 1. The first-order chi connectivity index (χ1) is 13.8. The topological polar surface area (TPSA) is 55.1 Å². The van der Waals surface area contributed by atoms with Gasteiger partial charge < -0.3 is 9.67 Å². The Labute approximate surface area is 179 Å². The molecule has 160 valence electrons. The molecule has 4 aliphatic carbocycles. The smallest absolute Gasteiger partial charge is 0.167 e. The first-order valence-electron chi connectivity index (χ1n) is 11.6. The summed E-state index contributed by atoms with van der Waals surface area (Å²) in [7, 11) is 2.03. The van der Waals surface area contributed by atoms with E-state index in [4.69, 9.17) is 0 Å². The van der Waals surface area contributed by atoms with E-state index in [0.29, 0.717) is 23.0 Å². The summed E-state index contributed by atoms with van der Waals surface area (Å²) < 4.78 is 2.05. The molecule has 4 fully saturated rings. The molecule has 4 nitrogen and oxygen atoms in total. The van der Waals surface area contributed by atoms with Crippen molar-refractivity contribution < 1.29 is 9.90 Å². The molecule has 0 bridgehead atoms. The summed E-state index contributed by atoms with van der Waals surface area (Å²) in [6.07, 6.45) is 13.5. The molecule has 4 saturated carbocycles. The van der Waals surface area contributed by atoms with Crippen LogP contribution in [0.4, 0.5) is 0 Å². The van der Waals surface area contributed by atoms with Gasteiger partial charge in [0.15, 0.2) is 5.16 Å². The molecule has 5 rings (SSSR count). The van der Waals surface area contributed by atoms with Crippen LogP contribution in [0, 0.1) is 34.5 Å². The normalized spacial score (nSPS) is 46.8. The molecule has 0 aromatic carbocycles. The molecule has 0 unspecified atom stereocenters. The van der Waals surface area contributed by atoms with Crippen LogP contribution in [0.5, 0.6) is 0 Å². The molecule has 1 aromatic heterocycles. The van der Waals surface area contributed by atoms with Crippen LogP contribution < -0.4 is 0 Å². The van der Waals surface area contributed by atoms with Gasteiger partial charge in [0, 0.05) is 43.5 Å². The Balaban J connectivity index is 1.36. The molecule has 5 heteroatoms. The summed E-state index contributed by atoms with van der Waals surface area (Å²) in [4.78, 5) is 16.5. The third kappa shape index (κ3) is 2.90. The van der Waals surface area contributed by atoms with Gasteiger partial charge in [-0.25, -0.2) is 4.98 Å². The number of ketones is 1. The van der Waals surface area contributed by atoms with Crippen LogP contribution in [-0.2, 0) is 11.8 Å². The maximum Gasteiger partial charge on any atom is 0.167 e. The fraction of sp³-hybridized carbons (Fsp3) is 0.833. The van der Waals surface area contributed by atoms with Crippen molar-refractivity contribution in [1.29, 1.82) is 0 Å². The minimum atomic E-state index is -0.598. The monoisotopic (exact) mass is 416 g/mol. The summed E-state index contributed by atoms with van der Waals surface area (Å²) >= 11 is 1.72. The SMILES string of the molecule is Cn1ccnc1SC[C@]1(O)CC[C@@H]2[C@H]3CC[C@@H]4CC(=O)CC[C@]4(C)[C@H]3CC[C@@]21C. The van der Waals surface area contributed by atoms with Crippen molar-refractivity contribution in [1.82, 2.24) is 9.55 Å². The van der Waals surface area contributed by atoms with Gasteiger partial charge in [0.1, 0.15) is 5.78 Å². The molecule has 0 aliphatic heterocycles. The Hall–Kier alpha value is -0.810. The number of carbonyl (C=O) groups is 1. The second-order valence-corrected chi connectivity index (χ2v) is 12.0. The van der Waals surface area contributed by atoms with Gasteiger partial charge in [-0.2, -0.15) is 0 Å². The lowest BCUT2D eigenvalue weighted by atomic mass is 9.44. The van der Waals surface area contributed by atoms with Gasteiger partial charge in [0.05, 0.1) is 5.60 Å². The predicted octanol–water partition coefficient (Wildman–Crippen LogP) is 4.86. The Morgan fingerprint density at radius 2 is 1.97 bits per heavy atom. The van der Waals surface area contributed by atoms with Gasteiger partial charge in [0.25, 0.3) is 0 Å². The lowest BCUT2D eigenvalue weighted by molar-refractivity contribution is -0.152. The maximum absolute atomic E-state index is 12.1. The van der Waals surface area contributed by atoms with Crippen molar-refractivity contribution in [2.45, 2.75) is 82.4 Å². The highest BCUT2D eigenvalue weighted by Gasteiger charge is 2.64. The van der Waals surface area contributed by atoms with E-state index in [9.17, 15) is 9.90 Å². The molecule has 0 saturated heterocycles. The lowest BCUT2D eigenvalue weighted by Crippen LogP contribution is -2.57. The summed E-state index contributed by atoms with van der Waals surface area (Å²) in [5.41, 5.74) is -0.236. The summed E-state index contributed by atoms with van der Waals surface area (Å²) in [5.74, 6) is 3.95. The number of fused-ring (bicyclic) bond motifs is 5. The number of aryl methyl sites for hydroxylation is 1. The fourth-order valence-corrected chi connectivity index (χ4v) is 9.31. The van der Waals surface area contributed by atoms with Gasteiger partial charge in [0.2, 0.25) is 0 Å². The van der Waals surface area contributed by atoms with Crippen LogP contribution in [0.15, 0.2) is 17.6 Å². The highest BCUT2D eigenvalue weighted by molar-refractivity contribution is 7.99. The Bertz CT molecular complexity index is 809. The van der Waals surface area contributed by atoms with Crippen molar-refractivity contribution in [3.8, 4) is 0 Å². The number of hydrogen-bond acceptors (Lipinski definition) is 4. The van der Waals surface area contributed by atoms with Crippen LogP contribution in [0.1, 0.15) is 71.6 Å². The van der Waals surface area contributed by atoms with E-state index in [1.165, 1.54) is 19.3 Å². The van der Waals surface area contributed by atoms with E-state index in [2.05, 4.69) is 18.8 Å². The molecule has 1 aromatic rings. The zero-order chi connectivity index (χ0) is 20.4. The van der Waals surface area contributed by atoms with Gasteiger partial charge in [-0.05, 0) is 74.0 Å². The van der Waals surface area contributed by atoms with Crippen LogP contribution in [0.3, 0.4) is 0 Å². The summed E-state index contributed by atoms with van der Waals surface area (Å²) in [6.45, 7) is 4.89. The standard InChI is InChI=1S/C24H36N2O2S/c1-22-9-6-17(27)14-16(22)4-5-18-19(22)7-10-23(2)20(18)8-11-24(23,28)15-29-21-25-12-13-26(21)3/h12-13,16,18-20,28H,4-11,14-15H2,1-3H3/t16-,18+,19+,20-,22+,23+,24-/m1/s1. The zero-order valence-electron chi connectivity index (χ0n) is 18.2. The number of nitrogens with zero attached hydrogens (tertiary/aromatic N) is 2.